The summed E-state index contributed by atoms with van der Waals surface area (Å²) in [6.45, 7) is 0.529. The highest BCUT2D eigenvalue weighted by Gasteiger charge is 2.22. The zero-order valence-corrected chi connectivity index (χ0v) is 10.6. The van der Waals surface area contributed by atoms with E-state index in [2.05, 4.69) is 10.6 Å². The van der Waals surface area contributed by atoms with Crippen LogP contribution in [-0.2, 0) is 4.79 Å². The van der Waals surface area contributed by atoms with E-state index in [1.807, 2.05) is 6.07 Å². The Kier molecular flexibility index (Phi) is 4.35. The number of nitrogens with one attached hydrogen (secondary N) is 2. The molecule has 1 fully saturated rings. The second-order valence-electron chi connectivity index (χ2n) is 4.68. The third-order valence-electron chi connectivity index (χ3n) is 2.94. The van der Waals surface area contributed by atoms with Gasteiger partial charge < -0.3 is 10.6 Å². The number of hydrogen-bond donors (Lipinski definition) is 2. The lowest BCUT2D eigenvalue weighted by atomic mass is 10.2. The van der Waals surface area contributed by atoms with Gasteiger partial charge in [0.1, 0.15) is 5.82 Å². The molecule has 1 aromatic carbocycles. The quantitative estimate of drug-likeness (QED) is 0.771. The molecule has 4 nitrogen and oxygen atoms in total. The lowest BCUT2D eigenvalue weighted by Gasteiger charge is -2.07. The predicted octanol–water partition coefficient (Wildman–Crippen LogP) is 2.17. The molecule has 0 bridgehead atoms. The molecule has 1 aliphatic rings. The molecule has 0 atom stereocenters. The van der Waals surface area contributed by atoms with Gasteiger partial charge in [0.15, 0.2) is 0 Å². The summed E-state index contributed by atoms with van der Waals surface area (Å²) in [5.74, 6) is -0.383. The molecule has 1 aliphatic carbocycles. The minimum atomic E-state index is -0.443. The van der Waals surface area contributed by atoms with E-state index in [9.17, 15) is 9.18 Å². The van der Waals surface area contributed by atoms with E-state index in [1.165, 1.54) is 12.1 Å². The van der Waals surface area contributed by atoms with Crippen LogP contribution in [0.5, 0.6) is 0 Å². The van der Waals surface area contributed by atoms with Gasteiger partial charge in [-0.15, -0.1) is 0 Å². The Labute approximate surface area is 111 Å². The van der Waals surface area contributed by atoms with Crippen LogP contribution in [0.1, 0.15) is 31.2 Å². The number of amides is 1. The third-order valence-corrected chi connectivity index (χ3v) is 2.94. The molecular formula is C14H16FN3O. The number of nitrogens with zero attached hydrogens (tertiary/aromatic N) is 1. The first-order chi connectivity index (χ1) is 9.19. The number of rotatable bonds is 6. The Bertz CT molecular complexity index is 506. The molecular weight excluding hydrogens is 245 g/mol. The average molecular weight is 261 g/mol. The molecule has 100 valence electrons. The number of carbonyl (C=O) groups is 1. The van der Waals surface area contributed by atoms with Crippen LogP contribution in [0.25, 0.3) is 0 Å². The van der Waals surface area contributed by atoms with Crippen molar-refractivity contribution in [3.05, 3.63) is 29.6 Å². The number of benzene rings is 1. The fourth-order valence-electron chi connectivity index (χ4n) is 1.73. The fourth-order valence-corrected chi connectivity index (χ4v) is 1.73. The van der Waals surface area contributed by atoms with Gasteiger partial charge in [0, 0.05) is 19.0 Å². The highest BCUT2D eigenvalue weighted by atomic mass is 19.1. The Morgan fingerprint density at radius 1 is 1.47 bits per heavy atom. The lowest BCUT2D eigenvalue weighted by molar-refractivity contribution is -0.121. The summed E-state index contributed by atoms with van der Waals surface area (Å²) in [4.78, 5) is 11.4. The van der Waals surface area contributed by atoms with Gasteiger partial charge in [-0.3, -0.25) is 4.79 Å². The van der Waals surface area contributed by atoms with Crippen molar-refractivity contribution >= 4 is 11.6 Å². The maximum Gasteiger partial charge on any atom is 0.220 e. The Morgan fingerprint density at radius 2 is 2.26 bits per heavy atom. The third kappa shape index (κ3) is 4.25. The summed E-state index contributed by atoms with van der Waals surface area (Å²) in [6.07, 6.45) is 3.26. The molecule has 0 aliphatic heterocycles. The topological polar surface area (TPSA) is 64.9 Å². The van der Waals surface area contributed by atoms with Crippen molar-refractivity contribution in [2.24, 2.45) is 0 Å². The number of carbonyl (C=O) groups excluding carboxylic acids is 1. The van der Waals surface area contributed by atoms with Crippen LogP contribution in [0.4, 0.5) is 10.1 Å². The molecule has 1 aromatic rings. The standard InChI is InChI=1S/C14H16FN3O/c15-12-8-10(9-16)3-6-13(12)17-7-1-2-14(19)18-11-4-5-11/h3,6,8,11,17H,1-2,4-5,7H2,(H,18,19). The normalized spacial score (nSPS) is 13.7. The van der Waals surface area contributed by atoms with Crippen molar-refractivity contribution in [3.8, 4) is 6.07 Å². The summed E-state index contributed by atoms with van der Waals surface area (Å²) < 4.78 is 13.5. The van der Waals surface area contributed by atoms with E-state index < -0.39 is 5.82 Å². The summed E-state index contributed by atoms with van der Waals surface area (Å²) >= 11 is 0. The first-order valence-electron chi connectivity index (χ1n) is 6.42. The molecule has 5 heteroatoms. The SMILES string of the molecule is N#Cc1ccc(NCCCC(=O)NC2CC2)c(F)c1. The number of halogens is 1. The zero-order chi connectivity index (χ0) is 13.7. The zero-order valence-electron chi connectivity index (χ0n) is 10.6. The average Bonchev–Trinajstić information content (AvgIpc) is 3.20. The largest absolute Gasteiger partial charge is 0.383 e. The monoisotopic (exact) mass is 261 g/mol. The molecule has 0 unspecified atom stereocenters. The Hall–Kier alpha value is -2.09. The van der Waals surface area contributed by atoms with E-state index in [0.29, 0.717) is 36.7 Å². The predicted molar refractivity (Wildman–Crippen MR) is 70.0 cm³/mol. The van der Waals surface area contributed by atoms with Gasteiger partial charge in [0.2, 0.25) is 5.91 Å². The highest BCUT2D eigenvalue weighted by molar-refractivity contribution is 5.76. The Balaban J connectivity index is 1.70. The van der Waals surface area contributed by atoms with Crippen LogP contribution in [-0.4, -0.2) is 18.5 Å². The van der Waals surface area contributed by atoms with Crippen LogP contribution < -0.4 is 10.6 Å². The van der Waals surface area contributed by atoms with Crippen molar-refractivity contribution in [2.75, 3.05) is 11.9 Å². The van der Waals surface area contributed by atoms with Gasteiger partial charge in [-0.25, -0.2) is 4.39 Å². The minimum absolute atomic E-state index is 0.0598. The molecule has 2 N–H and O–H groups in total. The van der Waals surface area contributed by atoms with Crippen LogP contribution in [0, 0.1) is 17.1 Å². The molecule has 0 radical (unpaired) electrons. The number of hydrogen-bond acceptors (Lipinski definition) is 3. The Morgan fingerprint density at radius 3 is 2.89 bits per heavy atom. The van der Waals surface area contributed by atoms with Crippen molar-refractivity contribution in [3.63, 3.8) is 0 Å². The number of nitriles is 1. The van der Waals surface area contributed by atoms with Crippen LogP contribution in [0.3, 0.4) is 0 Å². The summed E-state index contributed by atoms with van der Waals surface area (Å²) in [5, 5.41) is 14.4. The van der Waals surface area contributed by atoms with Crippen molar-refractivity contribution in [1.82, 2.24) is 5.32 Å². The summed E-state index contributed by atoms with van der Waals surface area (Å²) in [5.41, 5.74) is 0.661. The summed E-state index contributed by atoms with van der Waals surface area (Å²) in [7, 11) is 0. The molecule has 19 heavy (non-hydrogen) atoms. The molecule has 0 aromatic heterocycles. The van der Waals surface area contributed by atoms with E-state index >= 15 is 0 Å². The van der Waals surface area contributed by atoms with Crippen LogP contribution in [0.15, 0.2) is 18.2 Å². The van der Waals surface area contributed by atoms with Crippen molar-refractivity contribution in [1.29, 1.82) is 5.26 Å². The molecule has 1 amide bonds. The fraction of sp³-hybridized carbons (Fsp3) is 0.429. The highest BCUT2D eigenvalue weighted by Crippen LogP contribution is 2.19. The van der Waals surface area contributed by atoms with E-state index in [4.69, 9.17) is 5.26 Å². The maximum absolute atomic E-state index is 13.5. The van der Waals surface area contributed by atoms with E-state index in [-0.39, 0.29) is 5.91 Å². The molecule has 0 heterocycles. The lowest BCUT2D eigenvalue weighted by Crippen LogP contribution is -2.25. The van der Waals surface area contributed by atoms with Crippen molar-refractivity contribution in [2.45, 2.75) is 31.7 Å². The van der Waals surface area contributed by atoms with E-state index in [1.54, 1.807) is 6.07 Å². The van der Waals surface area contributed by atoms with Gasteiger partial charge in [0.25, 0.3) is 0 Å². The smallest absolute Gasteiger partial charge is 0.220 e. The molecule has 1 saturated carbocycles. The van der Waals surface area contributed by atoms with Crippen molar-refractivity contribution < 1.29 is 9.18 Å². The first kappa shape index (κ1) is 13.3. The van der Waals surface area contributed by atoms with Crippen LogP contribution >= 0.6 is 0 Å². The van der Waals surface area contributed by atoms with Gasteiger partial charge in [-0.05, 0) is 37.5 Å². The maximum atomic E-state index is 13.5. The van der Waals surface area contributed by atoms with Gasteiger partial charge in [0.05, 0.1) is 17.3 Å². The molecule has 0 spiro atoms. The van der Waals surface area contributed by atoms with Gasteiger partial charge in [-0.1, -0.05) is 0 Å². The van der Waals surface area contributed by atoms with Gasteiger partial charge >= 0.3 is 0 Å². The molecule has 0 saturated heterocycles. The van der Waals surface area contributed by atoms with Crippen LogP contribution in [0.2, 0.25) is 0 Å². The second-order valence-corrected chi connectivity index (χ2v) is 4.68. The van der Waals surface area contributed by atoms with E-state index in [0.717, 1.165) is 12.8 Å². The summed E-state index contributed by atoms with van der Waals surface area (Å²) in [6, 6.07) is 6.56. The molecule has 2 rings (SSSR count). The van der Waals surface area contributed by atoms with Gasteiger partial charge in [-0.2, -0.15) is 5.26 Å². The first-order valence-corrected chi connectivity index (χ1v) is 6.42. The second kappa shape index (κ2) is 6.19. The number of anilines is 1. The minimum Gasteiger partial charge on any atom is -0.383 e.